The third-order valence-corrected chi connectivity index (χ3v) is 5.79. The molecule has 0 bridgehead atoms. The lowest BCUT2D eigenvalue weighted by Crippen LogP contribution is -2.74. The van der Waals surface area contributed by atoms with Crippen molar-refractivity contribution in [3.05, 3.63) is 0 Å². The van der Waals surface area contributed by atoms with Crippen molar-refractivity contribution in [2.75, 3.05) is 14.1 Å². The molecule has 0 aromatic carbocycles. The molecule has 9 heteroatoms. The second-order valence-electron chi connectivity index (χ2n) is 6.98. The summed E-state index contributed by atoms with van der Waals surface area (Å²) in [6.07, 6.45) is -4.53. The Morgan fingerprint density at radius 3 is 2.30 bits per heavy atom. The first-order chi connectivity index (χ1) is 10.8. The van der Waals surface area contributed by atoms with Crippen molar-refractivity contribution in [3.8, 4) is 0 Å². The zero-order valence-electron chi connectivity index (χ0n) is 13.3. The Morgan fingerprint density at radius 1 is 1.04 bits per heavy atom. The predicted molar refractivity (Wildman–Crippen MR) is 76.3 cm³/mol. The van der Waals surface area contributed by atoms with Crippen molar-refractivity contribution in [2.45, 2.75) is 73.8 Å². The van der Waals surface area contributed by atoms with E-state index in [-0.39, 0.29) is 12.5 Å². The van der Waals surface area contributed by atoms with E-state index in [9.17, 15) is 20.4 Å². The molecular weight excluding hydrogens is 308 g/mol. The number of rotatable bonds is 2. The molecule has 1 aliphatic carbocycles. The van der Waals surface area contributed by atoms with Crippen molar-refractivity contribution >= 4 is 0 Å². The largest absolute Gasteiger partial charge is 0.434 e. The van der Waals surface area contributed by atoms with Gasteiger partial charge in [0, 0.05) is 0 Å². The lowest BCUT2D eigenvalue weighted by molar-refractivity contribution is -0.380. The van der Waals surface area contributed by atoms with Gasteiger partial charge in [0.25, 0.3) is 6.29 Å². The molecule has 23 heavy (non-hydrogen) atoms. The number of ether oxygens (including phenoxy) is 2. The van der Waals surface area contributed by atoms with Crippen LogP contribution in [0, 0.1) is 0 Å². The van der Waals surface area contributed by atoms with Crippen LogP contribution >= 0.6 is 0 Å². The Bertz CT molecular complexity index is 510. The Labute approximate surface area is 133 Å². The summed E-state index contributed by atoms with van der Waals surface area (Å²) in [7, 11) is 3.33. The summed E-state index contributed by atoms with van der Waals surface area (Å²) < 4.78 is 14.0. The standard InChI is InChI=1S/C14H25N2O7/c1-5-4-13(19)14(20)12(21-5)22-10-9(18)6(15-2)8(17)7(16-3)11(10)23(13)14/h5-12,15-20H,4H2,1-3H3/q+1/t5-,6-,7+,8+,9+,10-,11-,12+,13+,14-/m1/s1. The number of likely N-dealkylation sites (N-methyl/N-ethyl adjacent to an activating group) is 2. The molecule has 3 saturated heterocycles. The van der Waals surface area contributed by atoms with E-state index in [1.54, 1.807) is 21.0 Å². The second-order valence-corrected chi connectivity index (χ2v) is 6.98. The van der Waals surface area contributed by atoms with Crippen LogP contribution < -0.4 is 10.6 Å². The van der Waals surface area contributed by atoms with Gasteiger partial charge < -0.3 is 44.9 Å². The van der Waals surface area contributed by atoms with Gasteiger partial charge in [0.15, 0.2) is 6.10 Å². The number of aliphatic hydroxyl groups excluding tert-OH is 2. The van der Waals surface area contributed by atoms with Crippen LogP contribution in [0.1, 0.15) is 13.3 Å². The van der Waals surface area contributed by atoms with Gasteiger partial charge in [-0.05, 0) is 21.0 Å². The van der Waals surface area contributed by atoms with Crippen LogP contribution in [0.2, 0.25) is 0 Å². The number of hydrogen-bond acceptors (Lipinski definition) is 8. The van der Waals surface area contributed by atoms with Crippen molar-refractivity contribution in [1.29, 1.82) is 0 Å². The minimum absolute atomic E-state index is 0.204. The quantitative estimate of drug-likeness (QED) is 0.230. The summed E-state index contributed by atoms with van der Waals surface area (Å²) >= 11 is 0. The summed E-state index contributed by atoms with van der Waals surface area (Å²) in [4.78, 5) is 0. The lowest BCUT2D eigenvalue weighted by Gasteiger charge is -2.47. The highest BCUT2D eigenvalue weighted by atomic mass is 17.0. The normalized spacial score (nSPS) is 61.7. The number of fused-ring (bicyclic) bond motifs is 3. The molecule has 0 unspecified atom stereocenters. The lowest BCUT2D eigenvalue weighted by atomic mass is 9.81. The fraction of sp³-hybridized carbons (Fsp3) is 1.00. The van der Waals surface area contributed by atoms with Gasteiger partial charge >= 0.3 is 11.6 Å². The van der Waals surface area contributed by atoms with Crippen molar-refractivity contribution in [2.24, 2.45) is 0 Å². The van der Waals surface area contributed by atoms with Gasteiger partial charge in [-0.2, -0.15) is 0 Å². The predicted octanol–water partition coefficient (Wildman–Crippen LogP) is -3.26. The molecule has 9 nitrogen and oxygen atoms in total. The minimum Gasteiger partial charge on any atom is -0.389 e. The SMILES string of the molecule is CN[C@@H]1[C@H](O)[C@H](NC)[C@@H]2[C@H](O[C@@H]3O[C@H](C)C[C@]4(O)[O+]2[C@]34O)[C@H]1O. The van der Waals surface area contributed by atoms with Gasteiger partial charge in [-0.15, -0.1) is 0 Å². The summed E-state index contributed by atoms with van der Waals surface area (Å²) in [5, 5.41) is 48.8. The van der Waals surface area contributed by atoms with E-state index in [1.165, 1.54) is 0 Å². The van der Waals surface area contributed by atoms with Gasteiger partial charge in [-0.25, -0.2) is 0 Å². The van der Waals surface area contributed by atoms with Crippen LogP contribution in [0.25, 0.3) is 0 Å². The zero-order valence-corrected chi connectivity index (χ0v) is 13.3. The summed E-state index contributed by atoms with van der Waals surface area (Å²) in [5.41, 5.74) is 0. The van der Waals surface area contributed by atoms with Crippen LogP contribution in [0.4, 0.5) is 0 Å². The number of nitrogens with one attached hydrogen (secondary N) is 2. The molecule has 3 aliphatic heterocycles. The Balaban J connectivity index is 1.75. The molecule has 132 valence electrons. The number of epoxide rings is 1. The maximum atomic E-state index is 10.9. The van der Waals surface area contributed by atoms with Crippen LogP contribution in [-0.2, 0) is 13.8 Å². The van der Waals surface area contributed by atoms with E-state index in [0.717, 1.165) is 0 Å². The minimum atomic E-state index is -1.72. The van der Waals surface area contributed by atoms with Gasteiger partial charge in [0.1, 0.15) is 12.1 Å². The molecule has 10 atom stereocenters. The van der Waals surface area contributed by atoms with Crippen LogP contribution in [-0.4, -0.2) is 95.0 Å². The van der Waals surface area contributed by atoms with Crippen LogP contribution in [0.15, 0.2) is 0 Å². The van der Waals surface area contributed by atoms with E-state index in [1.807, 2.05) is 0 Å². The first-order valence-corrected chi connectivity index (χ1v) is 8.01. The molecule has 0 aromatic rings. The molecule has 1 saturated carbocycles. The van der Waals surface area contributed by atoms with Gasteiger partial charge in [-0.1, -0.05) is 0 Å². The number of hydrogen-bond donors (Lipinski definition) is 6. The molecule has 0 radical (unpaired) electrons. The first kappa shape index (κ1) is 16.1. The Morgan fingerprint density at radius 2 is 1.70 bits per heavy atom. The van der Waals surface area contributed by atoms with E-state index in [2.05, 4.69) is 15.0 Å². The average Bonchev–Trinajstić information content (AvgIpc) is 2.98. The number of aliphatic hydroxyl groups is 4. The first-order valence-electron chi connectivity index (χ1n) is 8.01. The zero-order chi connectivity index (χ0) is 16.7. The van der Waals surface area contributed by atoms with E-state index >= 15 is 0 Å². The molecule has 0 spiro atoms. The molecule has 3 heterocycles. The average molecular weight is 333 g/mol. The highest BCUT2D eigenvalue weighted by Gasteiger charge is 2.98. The van der Waals surface area contributed by atoms with Gasteiger partial charge in [0.05, 0.1) is 24.7 Å². The van der Waals surface area contributed by atoms with E-state index < -0.39 is 54.4 Å². The summed E-state index contributed by atoms with van der Waals surface area (Å²) in [6, 6.07) is -1.13. The van der Waals surface area contributed by atoms with Crippen molar-refractivity contribution in [1.82, 2.24) is 10.6 Å². The summed E-state index contributed by atoms with van der Waals surface area (Å²) in [5.74, 6) is -3.27. The van der Waals surface area contributed by atoms with Crippen molar-refractivity contribution in [3.63, 3.8) is 0 Å². The second kappa shape index (κ2) is 4.84. The molecule has 6 N–H and O–H groups in total. The topological polar surface area (TPSA) is 126 Å². The van der Waals surface area contributed by atoms with E-state index in [4.69, 9.17) is 9.47 Å². The summed E-state index contributed by atoms with van der Waals surface area (Å²) in [6.45, 7) is 1.79. The molecular formula is C14H25N2O7+. The van der Waals surface area contributed by atoms with E-state index in [0.29, 0.717) is 0 Å². The molecule has 4 rings (SSSR count). The monoisotopic (exact) mass is 333 g/mol. The Kier molecular flexibility index (Phi) is 3.39. The molecule has 0 amide bonds. The smallest absolute Gasteiger partial charge is 0.389 e. The van der Waals surface area contributed by atoms with Gasteiger partial charge in [0.2, 0.25) is 6.10 Å². The maximum absolute atomic E-state index is 10.9. The van der Waals surface area contributed by atoms with Crippen molar-refractivity contribution < 1.29 is 34.3 Å². The fourth-order valence-corrected chi connectivity index (χ4v) is 4.69. The molecule has 4 aliphatic rings. The third kappa shape index (κ3) is 1.72. The highest BCUT2D eigenvalue weighted by molar-refractivity contribution is 5.21. The van der Waals surface area contributed by atoms with Crippen LogP contribution in [0.5, 0.6) is 0 Å². The van der Waals surface area contributed by atoms with Crippen LogP contribution in [0.3, 0.4) is 0 Å². The third-order valence-electron chi connectivity index (χ3n) is 5.79. The fourth-order valence-electron chi connectivity index (χ4n) is 4.69. The van der Waals surface area contributed by atoms with Gasteiger partial charge in [-0.3, -0.25) is 0 Å². The Hall–Kier alpha value is -0.360. The molecule has 0 aromatic heterocycles. The maximum Gasteiger partial charge on any atom is 0.434 e. The highest BCUT2D eigenvalue weighted by Crippen LogP contribution is 2.67. The molecule has 4 fully saturated rings.